The molecule has 2 aromatic rings. The minimum atomic E-state index is -1.04. The zero-order valence-corrected chi connectivity index (χ0v) is 29.6. The van der Waals surface area contributed by atoms with Crippen LogP contribution in [0.5, 0.6) is 0 Å². The molecule has 10 heteroatoms. The van der Waals surface area contributed by atoms with E-state index in [1.165, 1.54) is 0 Å². The van der Waals surface area contributed by atoms with Crippen molar-refractivity contribution in [3.8, 4) is 0 Å². The summed E-state index contributed by atoms with van der Waals surface area (Å²) in [6.07, 6.45) is 6.01. The van der Waals surface area contributed by atoms with Crippen LogP contribution < -0.4 is 0 Å². The van der Waals surface area contributed by atoms with Gasteiger partial charge in [0, 0.05) is 37.3 Å². The van der Waals surface area contributed by atoms with Crippen molar-refractivity contribution >= 4 is 23.9 Å². The number of carbonyl (C=O) groups is 4. The normalized spacial score (nSPS) is 22.8. The monoisotopic (exact) mass is 678 g/mol. The van der Waals surface area contributed by atoms with Gasteiger partial charge in [-0.15, -0.1) is 0 Å². The third kappa shape index (κ3) is 11.7. The molecule has 0 N–H and O–H groups in total. The lowest BCUT2D eigenvalue weighted by Crippen LogP contribution is -2.50. The van der Waals surface area contributed by atoms with Gasteiger partial charge >= 0.3 is 23.9 Å². The predicted octanol–water partition coefficient (Wildman–Crippen LogP) is 6.22. The fourth-order valence-electron chi connectivity index (χ4n) is 6.83. The molecule has 0 amide bonds. The maximum Gasteiger partial charge on any atom is 0.348 e. The molecular weight excluding hydrogens is 624 g/mol. The maximum atomic E-state index is 13.2. The van der Waals surface area contributed by atoms with E-state index in [-0.39, 0.29) is 50.5 Å². The summed E-state index contributed by atoms with van der Waals surface area (Å²) in [4.78, 5) is 56.6. The van der Waals surface area contributed by atoms with Crippen LogP contribution in [0.4, 0.5) is 0 Å². The van der Waals surface area contributed by atoms with E-state index in [4.69, 9.17) is 18.9 Å². The first-order valence-corrected chi connectivity index (χ1v) is 18.0. The van der Waals surface area contributed by atoms with Gasteiger partial charge in [0.05, 0.1) is 24.3 Å². The standard InChI is InChI=1S/C39H54N2O8/c1-28-16-14-17-29(2)40(28)26-34(48-36(42)32-20-8-5-9-21-32)38(44)46-24-12-7-13-25-47-39(45)35(27-41-30(3)18-15-19-31(41)4)49-37(43)33-22-10-6-11-23-33/h5-6,8-11,20-23,28-31,34-35H,7,12-19,24-27H2,1-4H3. The number of likely N-dealkylation sites (tertiary alicyclic amines) is 2. The van der Waals surface area contributed by atoms with Crippen LogP contribution in [-0.4, -0.2) is 96.4 Å². The molecule has 10 nitrogen and oxygen atoms in total. The van der Waals surface area contributed by atoms with Gasteiger partial charge in [0.25, 0.3) is 0 Å². The van der Waals surface area contributed by atoms with Gasteiger partial charge in [0.15, 0.2) is 0 Å². The SMILES string of the molecule is CC1CCCC(C)N1CC(OC(=O)c1ccccc1)C(=O)OCCCCCOC(=O)C(CN1C(C)CCCC1C)OC(=O)c1ccccc1. The molecule has 268 valence electrons. The first-order chi connectivity index (χ1) is 23.6. The van der Waals surface area contributed by atoms with Crippen molar-refractivity contribution in [3.63, 3.8) is 0 Å². The average molecular weight is 679 g/mol. The highest BCUT2D eigenvalue weighted by Gasteiger charge is 2.35. The Morgan fingerprint density at radius 2 is 0.918 bits per heavy atom. The van der Waals surface area contributed by atoms with E-state index >= 15 is 0 Å². The molecule has 0 bridgehead atoms. The smallest absolute Gasteiger partial charge is 0.348 e. The summed E-state index contributed by atoms with van der Waals surface area (Å²) in [6.45, 7) is 9.39. The van der Waals surface area contributed by atoms with Crippen LogP contribution in [-0.2, 0) is 28.5 Å². The Morgan fingerprint density at radius 3 is 1.27 bits per heavy atom. The molecule has 0 saturated carbocycles. The van der Waals surface area contributed by atoms with Crippen molar-refractivity contribution in [2.24, 2.45) is 0 Å². The molecular formula is C39H54N2O8. The second-order valence-electron chi connectivity index (χ2n) is 13.6. The molecule has 2 saturated heterocycles. The van der Waals surface area contributed by atoms with Gasteiger partial charge in [-0.1, -0.05) is 49.2 Å². The molecule has 6 unspecified atom stereocenters. The summed E-state index contributed by atoms with van der Waals surface area (Å²) >= 11 is 0. The fourth-order valence-corrected chi connectivity index (χ4v) is 6.83. The number of nitrogens with zero attached hydrogens (tertiary/aromatic N) is 2. The first kappa shape index (κ1) is 38.0. The number of piperidine rings is 2. The molecule has 0 aliphatic carbocycles. The van der Waals surface area contributed by atoms with Crippen LogP contribution >= 0.6 is 0 Å². The predicted molar refractivity (Wildman–Crippen MR) is 186 cm³/mol. The quantitative estimate of drug-likeness (QED) is 0.115. The van der Waals surface area contributed by atoms with E-state index in [0.717, 1.165) is 38.5 Å². The second kappa shape index (κ2) is 19.4. The molecule has 49 heavy (non-hydrogen) atoms. The van der Waals surface area contributed by atoms with E-state index in [9.17, 15) is 19.2 Å². The Morgan fingerprint density at radius 1 is 0.571 bits per heavy atom. The Balaban J connectivity index is 1.25. The molecule has 2 heterocycles. The van der Waals surface area contributed by atoms with Crippen LogP contribution in [0.25, 0.3) is 0 Å². The lowest BCUT2D eigenvalue weighted by atomic mass is 9.97. The number of rotatable bonds is 16. The van der Waals surface area contributed by atoms with Crippen molar-refractivity contribution in [1.29, 1.82) is 0 Å². The summed E-state index contributed by atoms with van der Waals surface area (Å²) in [6, 6.07) is 18.4. The fraction of sp³-hybridized carbons (Fsp3) is 0.590. The molecule has 2 aliphatic rings. The van der Waals surface area contributed by atoms with E-state index in [1.807, 2.05) is 12.1 Å². The highest BCUT2D eigenvalue weighted by Crippen LogP contribution is 2.25. The number of unbranched alkanes of at least 4 members (excludes halogenated alkanes) is 2. The van der Waals surface area contributed by atoms with Crippen LogP contribution in [0, 0.1) is 0 Å². The highest BCUT2D eigenvalue weighted by molar-refractivity contribution is 5.92. The third-order valence-electron chi connectivity index (χ3n) is 9.83. The lowest BCUT2D eigenvalue weighted by Gasteiger charge is -2.40. The van der Waals surface area contributed by atoms with Crippen molar-refractivity contribution in [1.82, 2.24) is 9.80 Å². The maximum absolute atomic E-state index is 13.2. The number of benzene rings is 2. The van der Waals surface area contributed by atoms with Gasteiger partial charge < -0.3 is 18.9 Å². The number of hydrogen-bond acceptors (Lipinski definition) is 10. The van der Waals surface area contributed by atoms with Gasteiger partial charge in [-0.3, -0.25) is 9.80 Å². The van der Waals surface area contributed by atoms with Gasteiger partial charge in [0.2, 0.25) is 12.2 Å². The van der Waals surface area contributed by atoms with Crippen LogP contribution in [0.3, 0.4) is 0 Å². The summed E-state index contributed by atoms with van der Waals surface area (Å²) in [5.74, 6) is -2.24. The van der Waals surface area contributed by atoms with E-state index in [1.54, 1.807) is 48.5 Å². The van der Waals surface area contributed by atoms with Crippen molar-refractivity contribution in [2.45, 2.75) is 122 Å². The number of carbonyl (C=O) groups excluding carboxylic acids is 4. The molecule has 6 atom stereocenters. The minimum Gasteiger partial charge on any atom is -0.463 e. The molecule has 0 aromatic heterocycles. The van der Waals surface area contributed by atoms with Gasteiger partial charge in [-0.05, 0) is 96.9 Å². The van der Waals surface area contributed by atoms with Gasteiger partial charge in [0.1, 0.15) is 0 Å². The number of esters is 4. The average Bonchev–Trinajstić information content (AvgIpc) is 3.10. The zero-order chi connectivity index (χ0) is 35.2. The number of hydrogen-bond donors (Lipinski definition) is 0. The number of ether oxygens (including phenoxy) is 4. The zero-order valence-electron chi connectivity index (χ0n) is 29.6. The van der Waals surface area contributed by atoms with E-state index < -0.39 is 36.1 Å². The topological polar surface area (TPSA) is 112 Å². The Labute approximate surface area is 291 Å². The molecule has 2 aliphatic heterocycles. The van der Waals surface area contributed by atoms with Crippen molar-refractivity contribution < 1.29 is 38.1 Å². The van der Waals surface area contributed by atoms with Gasteiger partial charge in [-0.2, -0.15) is 0 Å². The molecule has 0 radical (unpaired) electrons. The lowest BCUT2D eigenvalue weighted by molar-refractivity contribution is -0.156. The van der Waals surface area contributed by atoms with Crippen LogP contribution in [0.1, 0.15) is 106 Å². The first-order valence-electron chi connectivity index (χ1n) is 18.0. The summed E-state index contributed by atoms with van der Waals surface area (Å²) < 4.78 is 22.6. The Hall–Kier alpha value is -3.76. The third-order valence-corrected chi connectivity index (χ3v) is 9.83. The molecule has 2 aromatic carbocycles. The van der Waals surface area contributed by atoms with Gasteiger partial charge in [-0.25, -0.2) is 19.2 Å². The molecule has 4 rings (SSSR count). The largest absolute Gasteiger partial charge is 0.463 e. The van der Waals surface area contributed by atoms with Crippen molar-refractivity contribution in [3.05, 3.63) is 71.8 Å². The van der Waals surface area contributed by atoms with E-state index in [0.29, 0.717) is 30.4 Å². The minimum absolute atomic E-state index is 0.152. The molecule has 2 fully saturated rings. The summed E-state index contributed by atoms with van der Waals surface area (Å²) in [7, 11) is 0. The second-order valence-corrected chi connectivity index (χ2v) is 13.6. The molecule has 0 spiro atoms. The van der Waals surface area contributed by atoms with Crippen molar-refractivity contribution in [2.75, 3.05) is 26.3 Å². The summed E-state index contributed by atoms with van der Waals surface area (Å²) in [5, 5.41) is 0. The van der Waals surface area contributed by atoms with Crippen LogP contribution in [0.2, 0.25) is 0 Å². The highest BCUT2D eigenvalue weighted by atomic mass is 16.6. The Bertz CT molecular complexity index is 1220. The van der Waals surface area contributed by atoms with Crippen LogP contribution in [0.15, 0.2) is 60.7 Å². The summed E-state index contributed by atoms with van der Waals surface area (Å²) in [5.41, 5.74) is 0.762. The Kier molecular flexibility index (Phi) is 15.1. The van der Waals surface area contributed by atoms with E-state index in [2.05, 4.69) is 37.5 Å².